The van der Waals surface area contributed by atoms with E-state index in [9.17, 15) is 14.4 Å². The van der Waals surface area contributed by atoms with Crippen molar-refractivity contribution in [1.82, 2.24) is 9.47 Å². The standard InChI is InChI=1S/C31H28ClN3O5S/c1-5-34(6-2)29(37)26-18(3)33-31-35(27(26)19-11-13-20(32)14-12-19)28(36)25(41-31)17-21-15-16-24(40-21)22-9-7-8-10-23(22)30(38)39-4/h7-17,27H,5-6H2,1-4H3/b25-17-/t27-/m0/s1. The molecule has 0 radical (unpaired) electrons. The highest BCUT2D eigenvalue weighted by atomic mass is 35.5. The molecule has 8 nitrogen and oxygen atoms in total. The van der Waals surface area contributed by atoms with E-state index in [4.69, 9.17) is 25.7 Å². The van der Waals surface area contributed by atoms with E-state index in [-0.39, 0.29) is 11.5 Å². The molecular weight excluding hydrogens is 562 g/mol. The molecule has 0 spiro atoms. The van der Waals surface area contributed by atoms with Crippen molar-refractivity contribution in [3.63, 3.8) is 0 Å². The zero-order chi connectivity index (χ0) is 29.3. The van der Waals surface area contributed by atoms with Crippen molar-refractivity contribution in [2.45, 2.75) is 26.8 Å². The Hall–Kier alpha value is -4.21. The summed E-state index contributed by atoms with van der Waals surface area (Å²) in [6.07, 6.45) is 1.65. The summed E-state index contributed by atoms with van der Waals surface area (Å²) in [7, 11) is 1.33. The largest absolute Gasteiger partial charge is 0.465 e. The van der Waals surface area contributed by atoms with Gasteiger partial charge >= 0.3 is 5.97 Å². The number of thiazole rings is 1. The third-order valence-electron chi connectivity index (χ3n) is 6.99. The van der Waals surface area contributed by atoms with Crippen LogP contribution in [0.5, 0.6) is 0 Å². The Balaban J connectivity index is 1.63. The minimum absolute atomic E-state index is 0.162. The molecule has 3 heterocycles. The SMILES string of the molecule is CCN(CC)C(=O)C1=C(C)N=c2s/c(=C\c3ccc(-c4ccccc4C(=O)OC)o3)c(=O)n2[C@H]1c1ccc(Cl)cc1. The number of fused-ring (bicyclic) bond motifs is 1. The van der Waals surface area contributed by atoms with Crippen molar-refractivity contribution in [3.8, 4) is 11.3 Å². The molecule has 210 valence electrons. The number of ether oxygens (including phenoxy) is 1. The number of carbonyl (C=O) groups excluding carboxylic acids is 2. The molecule has 0 N–H and O–H groups in total. The summed E-state index contributed by atoms with van der Waals surface area (Å²) >= 11 is 7.39. The Morgan fingerprint density at radius 2 is 1.80 bits per heavy atom. The predicted octanol–water partition coefficient (Wildman–Crippen LogP) is 4.80. The van der Waals surface area contributed by atoms with Gasteiger partial charge in [-0.3, -0.25) is 14.2 Å². The summed E-state index contributed by atoms with van der Waals surface area (Å²) in [5.41, 5.74) is 2.44. The van der Waals surface area contributed by atoms with Gasteiger partial charge in [0, 0.05) is 29.8 Å². The van der Waals surface area contributed by atoms with Gasteiger partial charge in [-0.1, -0.05) is 53.3 Å². The van der Waals surface area contributed by atoms with Gasteiger partial charge in [-0.25, -0.2) is 9.79 Å². The molecule has 0 bridgehead atoms. The minimum atomic E-state index is -0.669. The van der Waals surface area contributed by atoms with Crippen LogP contribution in [0, 0.1) is 0 Å². The fourth-order valence-electron chi connectivity index (χ4n) is 4.93. The maximum Gasteiger partial charge on any atom is 0.338 e. The van der Waals surface area contributed by atoms with Crippen molar-refractivity contribution >= 4 is 40.9 Å². The van der Waals surface area contributed by atoms with Crippen LogP contribution in [-0.4, -0.2) is 41.5 Å². The lowest BCUT2D eigenvalue weighted by molar-refractivity contribution is -0.127. The summed E-state index contributed by atoms with van der Waals surface area (Å²) in [5.74, 6) is 0.264. The van der Waals surface area contributed by atoms with Crippen molar-refractivity contribution in [2.24, 2.45) is 4.99 Å². The summed E-state index contributed by atoms with van der Waals surface area (Å²) in [5, 5.41) is 0.556. The van der Waals surface area contributed by atoms with E-state index in [0.29, 0.717) is 61.4 Å². The minimum Gasteiger partial charge on any atom is -0.465 e. The second-order valence-electron chi connectivity index (χ2n) is 9.35. The number of likely N-dealkylation sites (N-methyl/N-ethyl adjacent to an activating group) is 1. The fourth-order valence-corrected chi connectivity index (χ4v) is 6.08. The molecule has 2 aromatic carbocycles. The zero-order valence-corrected chi connectivity index (χ0v) is 24.6. The topological polar surface area (TPSA) is 94.1 Å². The fraction of sp³-hybridized carbons (Fsp3) is 0.226. The molecule has 0 saturated carbocycles. The second kappa shape index (κ2) is 11.7. The Labute approximate surface area is 245 Å². The number of hydrogen-bond donors (Lipinski definition) is 0. The van der Waals surface area contributed by atoms with Crippen LogP contribution in [0.15, 0.2) is 86.1 Å². The number of methoxy groups -OCH3 is 1. The van der Waals surface area contributed by atoms with Crippen molar-refractivity contribution in [2.75, 3.05) is 20.2 Å². The third kappa shape index (κ3) is 5.30. The first-order chi connectivity index (χ1) is 19.8. The first kappa shape index (κ1) is 28.3. The zero-order valence-electron chi connectivity index (χ0n) is 23.0. The molecule has 41 heavy (non-hydrogen) atoms. The maximum atomic E-state index is 13.9. The van der Waals surface area contributed by atoms with Gasteiger partial charge in [-0.05, 0) is 56.7 Å². The van der Waals surface area contributed by atoms with Crippen molar-refractivity contribution in [3.05, 3.63) is 114 Å². The van der Waals surface area contributed by atoms with Gasteiger partial charge in [0.15, 0.2) is 4.80 Å². The van der Waals surface area contributed by atoms with E-state index >= 15 is 0 Å². The Kier molecular flexibility index (Phi) is 8.10. The average Bonchev–Trinajstić information content (AvgIpc) is 3.57. The van der Waals surface area contributed by atoms with Crippen LogP contribution >= 0.6 is 22.9 Å². The van der Waals surface area contributed by atoms with E-state index in [1.54, 1.807) is 71.0 Å². The molecule has 1 amide bonds. The number of esters is 1. The number of nitrogens with zero attached hydrogens (tertiary/aromatic N) is 3. The highest BCUT2D eigenvalue weighted by Gasteiger charge is 2.34. The summed E-state index contributed by atoms with van der Waals surface area (Å²) < 4.78 is 12.9. The summed E-state index contributed by atoms with van der Waals surface area (Å²) in [4.78, 5) is 46.8. The van der Waals surface area contributed by atoms with Gasteiger partial charge in [0.25, 0.3) is 11.5 Å². The van der Waals surface area contributed by atoms with Gasteiger partial charge in [0.2, 0.25) is 0 Å². The molecule has 0 unspecified atom stereocenters. The Morgan fingerprint density at radius 1 is 1.10 bits per heavy atom. The van der Waals surface area contributed by atoms with Crippen LogP contribution in [0.4, 0.5) is 0 Å². The Bertz CT molecular complexity index is 1840. The number of amides is 1. The monoisotopic (exact) mass is 589 g/mol. The number of hydrogen-bond acceptors (Lipinski definition) is 7. The Morgan fingerprint density at radius 3 is 2.49 bits per heavy atom. The molecule has 0 aliphatic carbocycles. The second-order valence-corrected chi connectivity index (χ2v) is 10.8. The van der Waals surface area contributed by atoms with Crippen LogP contribution in [-0.2, 0) is 9.53 Å². The maximum absolute atomic E-state index is 13.9. The molecule has 1 aliphatic rings. The van der Waals surface area contributed by atoms with E-state index in [2.05, 4.69) is 0 Å². The lowest BCUT2D eigenvalue weighted by Crippen LogP contribution is -2.43. The lowest BCUT2D eigenvalue weighted by Gasteiger charge is -2.29. The van der Waals surface area contributed by atoms with Crippen LogP contribution in [0.25, 0.3) is 17.4 Å². The molecule has 1 atom stereocenters. The third-order valence-corrected chi connectivity index (χ3v) is 8.22. The number of carbonyl (C=O) groups is 2. The van der Waals surface area contributed by atoms with Crippen molar-refractivity contribution < 1.29 is 18.7 Å². The number of halogens is 1. The molecule has 1 aliphatic heterocycles. The van der Waals surface area contributed by atoms with Crippen molar-refractivity contribution in [1.29, 1.82) is 0 Å². The molecule has 4 aromatic rings. The summed E-state index contributed by atoms with van der Waals surface area (Å²) in [6.45, 7) is 6.71. The first-order valence-electron chi connectivity index (χ1n) is 13.1. The number of allylic oxidation sites excluding steroid dienone is 1. The molecule has 0 saturated heterocycles. The first-order valence-corrected chi connectivity index (χ1v) is 14.3. The van der Waals surface area contributed by atoms with Gasteiger partial charge in [0.05, 0.1) is 34.5 Å². The molecule has 5 rings (SSSR count). The highest BCUT2D eigenvalue weighted by molar-refractivity contribution is 7.07. The number of rotatable bonds is 7. The van der Waals surface area contributed by atoms with Gasteiger partial charge in [-0.15, -0.1) is 0 Å². The summed E-state index contributed by atoms with van der Waals surface area (Å²) in [6, 6.07) is 17.0. The highest BCUT2D eigenvalue weighted by Crippen LogP contribution is 2.32. The molecule has 0 fully saturated rings. The smallest absolute Gasteiger partial charge is 0.338 e. The number of benzene rings is 2. The average molecular weight is 590 g/mol. The van der Waals surface area contributed by atoms with Crippen LogP contribution < -0.4 is 14.9 Å². The van der Waals surface area contributed by atoms with Crippen LogP contribution in [0.1, 0.15) is 48.5 Å². The van der Waals surface area contributed by atoms with Gasteiger partial charge in [0.1, 0.15) is 11.5 Å². The van der Waals surface area contributed by atoms with Crippen LogP contribution in [0.3, 0.4) is 0 Å². The predicted molar refractivity (Wildman–Crippen MR) is 159 cm³/mol. The lowest BCUT2D eigenvalue weighted by atomic mass is 9.94. The molecular formula is C31H28ClN3O5S. The van der Waals surface area contributed by atoms with E-state index in [1.165, 1.54) is 18.4 Å². The number of aromatic nitrogens is 1. The number of furan rings is 1. The van der Waals surface area contributed by atoms with Gasteiger partial charge < -0.3 is 14.1 Å². The quantitative estimate of drug-likeness (QED) is 0.289. The van der Waals surface area contributed by atoms with E-state index < -0.39 is 12.0 Å². The van der Waals surface area contributed by atoms with Crippen LogP contribution in [0.2, 0.25) is 5.02 Å². The van der Waals surface area contributed by atoms with E-state index in [0.717, 1.165) is 5.56 Å². The van der Waals surface area contributed by atoms with E-state index in [1.807, 2.05) is 26.0 Å². The normalized spacial score (nSPS) is 15.0. The van der Waals surface area contributed by atoms with Gasteiger partial charge in [-0.2, -0.15) is 0 Å². The molecule has 10 heteroatoms. The molecule has 2 aromatic heterocycles.